The zero-order chi connectivity index (χ0) is 19.8. The zero-order valence-corrected chi connectivity index (χ0v) is 17.0. The molecule has 4 heteroatoms. The summed E-state index contributed by atoms with van der Waals surface area (Å²) in [5, 5.41) is 8.13. The molecule has 0 fully saturated rings. The van der Waals surface area contributed by atoms with Gasteiger partial charge < -0.3 is 5.32 Å². The minimum atomic E-state index is 0.116. The highest BCUT2D eigenvalue weighted by Gasteiger charge is 2.19. The van der Waals surface area contributed by atoms with Crippen LogP contribution < -0.4 is 10.7 Å². The van der Waals surface area contributed by atoms with Crippen molar-refractivity contribution in [2.75, 3.05) is 0 Å². The number of hydrogen-bond donors (Lipinski definition) is 2. The molecule has 1 unspecified atom stereocenters. The molecule has 0 saturated heterocycles. The van der Waals surface area contributed by atoms with Crippen molar-refractivity contribution < 1.29 is 0 Å². The average Bonchev–Trinajstić information content (AvgIpc) is 2.75. The van der Waals surface area contributed by atoms with Crippen molar-refractivity contribution in [3.63, 3.8) is 0 Å². The molecule has 0 amide bonds. The average molecular weight is 375 g/mol. The second kappa shape index (κ2) is 9.88. The molecule has 4 nitrogen and oxygen atoms in total. The van der Waals surface area contributed by atoms with E-state index in [1.165, 1.54) is 0 Å². The van der Waals surface area contributed by atoms with Gasteiger partial charge in [-0.15, -0.1) is 0 Å². The zero-order valence-electron chi connectivity index (χ0n) is 17.0. The Morgan fingerprint density at radius 1 is 1.07 bits per heavy atom. The van der Waals surface area contributed by atoms with Crippen LogP contribution in [-0.4, -0.2) is 17.7 Å². The number of hydrogen-bond acceptors (Lipinski definition) is 4. The standard InChI is InChI=1S/C24H30N4/c1-4-5-16-21(19-12-8-6-9-13-19)27-28-24-25-22(18(2)3)17-23(26-24)20-14-10-7-11-15-20/h6-15,17-18,22H,4-5,16H2,1-3H3,(H2,25,26,28)/b27-21+. The maximum absolute atomic E-state index is 4.81. The Hall–Kier alpha value is -2.88. The second-order valence-electron chi connectivity index (χ2n) is 7.42. The summed E-state index contributed by atoms with van der Waals surface area (Å²) in [6.45, 7) is 6.58. The van der Waals surface area contributed by atoms with Crippen molar-refractivity contribution in [1.29, 1.82) is 0 Å². The fourth-order valence-corrected chi connectivity index (χ4v) is 3.10. The summed E-state index contributed by atoms with van der Waals surface area (Å²) in [6, 6.07) is 20.8. The molecular formula is C24H30N4. The lowest BCUT2D eigenvalue weighted by Crippen LogP contribution is -2.39. The van der Waals surface area contributed by atoms with Gasteiger partial charge in [0.15, 0.2) is 0 Å². The maximum atomic E-state index is 4.81. The van der Waals surface area contributed by atoms with Gasteiger partial charge in [-0.2, -0.15) is 5.10 Å². The van der Waals surface area contributed by atoms with E-state index in [1.54, 1.807) is 0 Å². The van der Waals surface area contributed by atoms with Gasteiger partial charge in [0, 0.05) is 5.70 Å². The fraction of sp³-hybridized carbons (Fsp3) is 0.333. The van der Waals surface area contributed by atoms with Crippen molar-refractivity contribution in [2.24, 2.45) is 16.0 Å². The van der Waals surface area contributed by atoms with Gasteiger partial charge in [0.1, 0.15) is 0 Å². The van der Waals surface area contributed by atoms with Gasteiger partial charge in [0.2, 0.25) is 5.96 Å². The number of unbranched alkanes of at least 4 members (excludes halogenated alkanes) is 1. The van der Waals surface area contributed by atoms with Gasteiger partial charge in [0.25, 0.3) is 0 Å². The first-order valence-corrected chi connectivity index (χ1v) is 10.2. The minimum absolute atomic E-state index is 0.116. The monoisotopic (exact) mass is 374 g/mol. The summed E-state index contributed by atoms with van der Waals surface area (Å²) in [5.74, 6) is 1.11. The van der Waals surface area contributed by atoms with Crippen LogP contribution in [0, 0.1) is 5.92 Å². The third kappa shape index (κ3) is 5.32. The van der Waals surface area contributed by atoms with Gasteiger partial charge >= 0.3 is 0 Å². The predicted octanol–water partition coefficient (Wildman–Crippen LogP) is 5.20. The van der Waals surface area contributed by atoms with Crippen molar-refractivity contribution in [1.82, 2.24) is 10.7 Å². The van der Waals surface area contributed by atoms with E-state index in [4.69, 9.17) is 10.1 Å². The van der Waals surface area contributed by atoms with Crippen LogP contribution in [-0.2, 0) is 0 Å². The summed E-state index contributed by atoms with van der Waals surface area (Å²) >= 11 is 0. The van der Waals surface area contributed by atoms with Crippen LogP contribution in [0.2, 0.25) is 0 Å². The van der Waals surface area contributed by atoms with Crippen LogP contribution in [0.4, 0.5) is 0 Å². The van der Waals surface area contributed by atoms with E-state index in [1.807, 2.05) is 12.1 Å². The van der Waals surface area contributed by atoms with E-state index in [0.717, 1.165) is 41.8 Å². The van der Waals surface area contributed by atoms with E-state index in [-0.39, 0.29) is 6.04 Å². The normalized spacial score (nSPS) is 17.0. The van der Waals surface area contributed by atoms with Gasteiger partial charge in [-0.25, -0.2) is 10.4 Å². The quantitative estimate of drug-likeness (QED) is 0.517. The molecule has 2 aromatic carbocycles. The van der Waals surface area contributed by atoms with Crippen LogP contribution in [0.3, 0.4) is 0 Å². The van der Waals surface area contributed by atoms with Gasteiger partial charge in [0.05, 0.1) is 11.8 Å². The maximum Gasteiger partial charge on any atom is 0.217 e. The lowest BCUT2D eigenvalue weighted by molar-refractivity contribution is 0.564. The Bertz CT molecular complexity index is 835. The first kappa shape index (κ1) is 19.9. The van der Waals surface area contributed by atoms with E-state index in [9.17, 15) is 0 Å². The smallest absolute Gasteiger partial charge is 0.217 e. The molecule has 1 aliphatic rings. The lowest BCUT2D eigenvalue weighted by Gasteiger charge is -2.24. The molecule has 0 spiro atoms. The van der Waals surface area contributed by atoms with Crippen molar-refractivity contribution >= 4 is 17.4 Å². The molecule has 28 heavy (non-hydrogen) atoms. The molecule has 1 atom stereocenters. The predicted molar refractivity (Wildman–Crippen MR) is 119 cm³/mol. The second-order valence-corrected chi connectivity index (χ2v) is 7.42. The number of hydrazone groups is 1. The molecule has 0 aliphatic carbocycles. The Morgan fingerprint density at radius 2 is 1.75 bits per heavy atom. The van der Waals surface area contributed by atoms with E-state index < -0.39 is 0 Å². The molecule has 0 radical (unpaired) electrons. The Balaban J connectivity index is 1.82. The fourth-order valence-electron chi connectivity index (χ4n) is 3.10. The van der Waals surface area contributed by atoms with Crippen LogP contribution in [0.15, 0.2) is 76.8 Å². The lowest BCUT2D eigenvalue weighted by atomic mass is 10.0. The van der Waals surface area contributed by atoms with Crippen molar-refractivity contribution in [2.45, 2.75) is 46.1 Å². The largest absolute Gasteiger partial charge is 0.325 e. The highest BCUT2D eigenvalue weighted by molar-refractivity contribution is 6.01. The van der Waals surface area contributed by atoms with E-state index in [0.29, 0.717) is 11.9 Å². The number of nitrogens with one attached hydrogen (secondary N) is 2. The van der Waals surface area contributed by atoms with Gasteiger partial charge in [-0.1, -0.05) is 87.9 Å². The first-order valence-electron chi connectivity index (χ1n) is 10.2. The molecule has 3 rings (SSSR count). The van der Waals surface area contributed by atoms with Crippen LogP contribution in [0.1, 0.15) is 51.2 Å². The first-order chi connectivity index (χ1) is 13.7. The summed E-state index contributed by atoms with van der Waals surface area (Å²) in [7, 11) is 0. The number of guanidine groups is 1. The molecule has 146 valence electrons. The molecule has 2 aromatic rings. The molecule has 1 heterocycles. The van der Waals surface area contributed by atoms with Crippen molar-refractivity contribution in [3.8, 4) is 0 Å². The summed E-state index contributed by atoms with van der Waals surface area (Å²) in [5.41, 5.74) is 7.64. The molecule has 0 saturated carbocycles. The molecule has 2 N–H and O–H groups in total. The number of nitrogens with zero attached hydrogens (tertiary/aromatic N) is 2. The van der Waals surface area contributed by atoms with Gasteiger partial charge in [-0.3, -0.25) is 0 Å². The minimum Gasteiger partial charge on any atom is -0.325 e. The van der Waals surface area contributed by atoms with E-state index in [2.05, 4.69) is 86.1 Å². The summed E-state index contributed by atoms with van der Waals surface area (Å²) in [6.07, 6.45) is 5.39. The Labute approximate surface area is 168 Å². The molecule has 0 aromatic heterocycles. The Morgan fingerprint density at radius 3 is 2.39 bits per heavy atom. The number of benzene rings is 2. The van der Waals surface area contributed by atoms with Crippen LogP contribution in [0.25, 0.3) is 5.70 Å². The van der Waals surface area contributed by atoms with Crippen LogP contribution in [0.5, 0.6) is 0 Å². The van der Waals surface area contributed by atoms with Gasteiger partial charge in [-0.05, 0) is 36.0 Å². The van der Waals surface area contributed by atoms with E-state index >= 15 is 0 Å². The summed E-state index contributed by atoms with van der Waals surface area (Å²) in [4.78, 5) is 4.81. The third-order valence-corrected chi connectivity index (χ3v) is 4.81. The SMILES string of the molecule is CCCC/C(=N\NC1=NC(C(C)C)C=C(c2ccccc2)N1)c1ccccc1. The molecule has 0 bridgehead atoms. The Kier molecular flexibility index (Phi) is 7.01. The number of rotatable bonds is 7. The summed E-state index contributed by atoms with van der Waals surface area (Å²) < 4.78 is 0. The highest BCUT2D eigenvalue weighted by Crippen LogP contribution is 2.20. The highest BCUT2D eigenvalue weighted by atomic mass is 15.4. The molecule has 1 aliphatic heterocycles. The van der Waals surface area contributed by atoms with Crippen molar-refractivity contribution in [3.05, 3.63) is 77.9 Å². The topological polar surface area (TPSA) is 48.8 Å². The van der Waals surface area contributed by atoms with Crippen LogP contribution >= 0.6 is 0 Å². The third-order valence-electron chi connectivity index (χ3n) is 4.81. The number of aliphatic imine (C=N–C) groups is 1. The molecular weight excluding hydrogens is 344 g/mol.